The summed E-state index contributed by atoms with van der Waals surface area (Å²) in [5, 5.41) is 11.6. The van der Waals surface area contributed by atoms with Gasteiger partial charge in [0.2, 0.25) is 0 Å². The number of aliphatic hydroxyl groups excluding tert-OH is 1. The molecule has 8 heteroatoms. The van der Waals surface area contributed by atoms with E-state index >= 15 is 0 Å². The van der Waals surface area contributed by atoms with Crippen molar-refractivity contribution in [3.63, 3.8) is 0 Å². The number of hydrogen-bond acceptors (Lipinski definition) is 8. The molecular weight excluding hydrogens is 570 g/mol. The molecule has 0 aromatic carbocycles. The lowest BCUT2D eigenvalue weighted by atomic mass is 9.43. The number of esters is 2. The largest absolute Gasteiger partial charge is 0.466 e. The number of ketones is 2. The normalized spacial score (nSPS) is 33.7. The smallest absolute Gasteiger partial charge is 0.306 e. The summed E-state index contributed by atoms with van der Waals surface area (Å²) in [5.74, 6) is -1.80. The summed E-state index contributed by atoms with van der Waals surface area (Å²) >= 11 is 0. The molecule has 4 aliphatic carbocycles. The quantitative estimate of drug-likeness (QED) is 0.120. The molecule has 7 unspecified atom stereocenters. The van der Waals surface area contributed by atoms with Gasteiger partial charge in [-0.1, -0.05) is 70.3 Å². The van der Waals surface area contributed by atoms with Gasteiger partial charge in [-0.2, -0.15) is 0 Å². The molecule has 4 rings (SSSR count). The average molecular weight is 626 g/mol. The van der Waals surface area contributed by atoms with Gasteiger partial charge in [-0.05, 0) is 81.3 Å². The third kappa shape index (κ3) is 7.87. The first-order chi connectivity index (χ1) is 21.5. The topological polar surface area (TPSA) is 133 Å². The highest BCUT2D eigenvalue weighted by Crippen LogP contribution is 2.66. The Kier molecular flexibility index (Phi) is 12.0. The van der Waals surface area contributed by atoms with Gasteiger partial charge >= 0.3 is 11.9 Å². The molecule has 4 aliphatic rings. The van der Waals surface area contributed by atoms with E-state index in [1.807, 2.05) is 6.08 Å². The van der Waals surface area contributed by atoms with Crippen molar-refractivity contribution in [3.8, 4) is 0 Å². The van der Waals surface area contributed by atoms with Gasteiger partial charge in [-0.15, -0.1) is 0 Å². The highest BCUT2D eigenvalue weighted by molar-refractivity contribution is 6.01. The van der Waals surface area contributed by atoms with Gasteiger partial charge in [0.15, 0.2) is 11.6 Å². The number of rotatable bonds is 16. The number of hydrogen-bond donors (Lipinski definition) is 2. The zero-order valence-corrected chi connectivity index (χ0v) is 27.7. The van der Waals surface area contributed by atoms with Gasteiger partial charge in [0.25, 0.3) is 0 Å². The van der Waals surface area contributed by atoms with Crippen molar-refractivity contribution < 1.29 is 33.8 Å². The van der Waals surface area contributed by atoms with Crippen molar-refractivity contribution in [1.29, 1.82) is 0 Å². The van der Waals surface area contributed by atoms with Crippen LogP contribution in [0, 0.1) is 28.6 Å². The first-order valence-corrected chi connectivity index (χ1v) is 17.4. The van der Waals surface area contributed by atoms with Crippen LogP contribution in [0.4, 0.5) is 0 Å². The van der Waals surface area contributed by atoms with Crippen LogP contribution in [-0.2, 0) is 28.7 Å². The molecule has 45 heavy (non-hydrogen) atoms. The van der Waals surface area contributed by atoms with E-state index in [2.05, 4.69) is 32.9 Å². The standard InChI is InChI=1S/C37H55NO7/c1-4-5-6-7-8-9-10-11-12-13-22-44-32(42)16-17-33(43)45-25-30(41)28-14-15-31-36(28,3)24-29(40)34-35(2)20-19-27(39)23-26(35)18-21-37(31,34)38/h5-6,19-20,23,28-29,31,34,40H,4,7-18,21-22,24-25,38H2,1-3H3/b6-5-. The van der Waals surface area contributed by atoms with Crippen LogP contribution in [0.25, 0.3) is 0 Å². The summed E-state index contributed by atoms with van der Waals surface area (Å²) in [7, 11) is 0. The number of carbonyl (C=O) groups is 4. The minimum atomic E-state index is -0.734. The minimum Gasteiger partial charge on any atom is -0.466 e. The summed E-state index contributed by atoms with van der Waals surface area (Å²) in [6.45, 7) is 6.28. The molecule has 0 aliphatic heterocycles. The van der Waals surface area contributed by atoms with Crippen molar-refractivity contribution in [2.75, 3.05) is 13.2 Å². The Balaban J connectivity index is 1.18. The first-order valence-electron chi connectivity index (χ1n) is 17.4. The van der Waals surface area contributed by atoms with E-state index in [0.29, 0.717) is 32.3 Å². The molecule has 3 saturated carbocycles. The average Bonchev–Trinajstić information content (AvgIpc) is 3.35. The number of allylic oxidation sites excluding steroid dienone is 6. The Labute approximate surface area is 269 Å². The third-order valence-corrected chi connectivity index (χ3v) is 11.4. The summed E-state index contributed by atoms with van der Waals surface area (Å²) in [5.41, 5.74) is 6.58. The molecule has 0 amide bonds. The maximum atomic E-state index is 13.4. The second kappa shape index (κ2) is 15.3. The highest BCUT2D eigenvalue weighted by atomic mass is 16.5. The Morgan fingerprint density at radius 1 is 1.00 bits per heavy atom. The fraction of sp³-hybridized carbons (Fsp3) is 0.730. The van der Waals surface area contributed by atoms with Crippen molar-refractivity contribution in [1.82, 2.24) is 0 Å². The molecule has 0 radical (unpaired) electrons. The maximum Gasteiger partial charge on any atom is 0.306 e. The highest BCUT2D eigenvalue weighted by Gasteiger charge is 2.67. The molecule has 0 spiro atoms. The Morgan fingerprint density at radius 3 is 2.42 bits per heavy atom. The lowest BCUT2D eigenvalue weighted by Gasteiger charge is -2.63. The number of aliphatic hydroxyl groups is 1. The fourth-order valence-electron chi connectivity index (χ4n) is 9.24. The van der Waals surface area contributed by atoms with Crippen molar-refractivity contribution in [3.05, 3.63) is 36.0 Å². The van der Waals surface area contributed by atoms with Crippen LogP contribution in [0.1, 0.15) is 117 Å². The SMILES string of the molecule is CC/C=C\CCCCCCCCOC(=O)CCC(=O)OCC(=O)C1CCC2C1(C)CC(O)C1C3(C)C=CC(=O)C=C3CCC12N. The van der Waals surface area contributed by atoms with Gasteiger partial charge in [0.05, 0.1) is 25.6 Å². The summed E-state index contributed by atoms with van der Waals surface area (Å²) in [4.78, 5) is 50.0. The minimum absolute atomic E-state index is 0.0233. The van der Waals surface area contributed by atoms with Crippen LogP contribution in [0.15, 0.2) is 36.0 Å². The van der Waals surface area contributed by atoms with Gasteiger partial charge in [0.1, 0.15) is 6.61 Å². The fourth-order valence-corrected chi connectivity index (χ4v) is 9.24. The predicted octanol–water partition coefficient (Wildman–Crippen LogP) is 6.10. The lowest BCUT2D eigenvalue weighted by Crippen LogP contribution is -2.70. The second-order valence-electron chi connectivity index (χ2n) is 14.4. The Morgan fingerprint density at radius 2 is 1.69 bits per heavy atom. The van der Waals surface area contributed by atoms with E-state index in [4.69, 9.17) is 15.2 Å². The molecule has 0 saturated heterocycles. The van der Waals surface area contributed by atoms with E-state index in [9.17, 15) is 24.3 Å². The van der Waals surface area contributed by atoms with Gasteiger partial charge in [-0.25, -0.2) is 0 Å². The van der Waals surface area contributed by atoms with E-state index in [-0.39, 0.29) is 48.8 Å². The molecule has 3 N–H and O–H groups in total. The molecule has 0 bridgehead atoms. The van der Waals surface area contributed by atoms with E-state index in [1.54, 1.807) is 12.2 Å². The molecular formula is C37H55NO7. The maximum absolute atomic E-state index is 13.4. The molecule has 7 atom stereocenters. The lowest BCUT2D eigenvalue weighted by molar-refractivity contribution is -0.156. The van der Waals surface area contributed by atoms with Crippen LogP contribution >= 0.6 is 0 Å². The number of nitrogens with two attached hydrogens (primary N) is 1. The molecule has 8 nitrogen and oxygen atoms in total. The Bertz CT molecular complexity index is 1190. The molecule has 0 aromatic rings. The van der Waals surface area contributed by atoms with Crippen molar-refractivity contribution in [2.24, 2.45) is 34.3 Å². The van der Waals surface area contributed by atoms with E-state index < -0.39 is 34.4 Å². The van der Waals surface area contributed by atoms with E-state index in [0.717, 1.165) is 44.1 Å². The first kappa shape index (κ1) is 35.3. The zero-order chi connectivity index (χ0) is 32.7. The van der Waals surface area contributed by atoms with Gasteiger partial charge < -0.3 is 20.3 Å². The third-order valence-electron chi connectivity index (χ3n) is 11.4. The van der Waals surface area contributed by atoms with Crippen LogP contribution in [0.3, 0.4) is 0 Å². The van der Waals surface area contributed by atoms with Gasteiger partial charge in [0, 0.05) is 22.8 Å². The van der Waals surface area contributed by atoms with Crippen molar-refractivity contribution >= 4 is 23.5 Å². The van der Waals surface area contributed by atoms with Crippen molar-refractivity contribution in [2.45, 2.75) is 129 Å². The van der Waals surface area contributed by atoms with Crippen LogP contribution in [0.2, 0.25) is 0 Å². The molecule has 0 heterocycles. The number of carbonyl (C=O) groups excluding carboxylic acids is 4. The summed E-state index contributed by atoms with van der Waals surface area (Å²) < 4.78 is 10.6. The summed E-state index contributed by atoms with van der Waals surface area (Å²) in [6, 6.07) is 0. The molecule has 3 fully saturated rings. The zero-order valence-electron chi connectivity index (χ0n) is 27.7. The van der Waals surface area contributed by atoms with Crippen LogP contribution < -0.4 is 5.73 Å². The summed E-state index contributed by atoms with van der Waals surface area (Å²) in [6.07, 6.45) is 20.7. The molecule has 0 aromatic heterocycles. The van der Waals surface area contributed by atoms with Crippen LogP contribution in [-0.4, -0.2) is 53.5 Å². The van der Waals surface area contributed by atoms with E-state index in [1.165, 1.54) is 19.3 Å². The number of fused-ring (bicyclic) bond motifs is 5. The number of ether oxygens (including phenoxy) is 2. The Hall–Kier alpha value is -2.58. The van der Waals surface area contributed by atoms with Gasteiger partial charge in [-0.3, -0.25) is 19.2 Å². The number of Topliss-reactive ketones (excluding diaryl/α,β-unsaturated/α-hetero) is 1. The monoisotopic (exact) mass is 625 g/mol. The molecule has 250 valence electrons. The number of unbranched alkanes of at least 4 members (excludes halogenated alkanes) is 6. The van der Waals surface area contributed by atoms with Crippen LogP contribution in [0.5, 0.6) is 0 Å². The second-order valence-corrected chi connectivity index (χ2v) is 14.4. The predicted molar refractivity (Wildman–Crippen MR) is 173 cm³/mol.